The smallest absolute Gasteiger partial charge is 0.258 e. The predicted octanol–water partition coefficient (Wildman–Crippen LogP) is 3.91. The van der Waals surface area contributed by atoms with Crippen LogP contribution in [0.15, 0.2) is 77.6 Å². The highest BCUT2D eigenvalue weighted by Gasteiger charge is 2.25. The van der Waals surface area contributed by atoms with Gasteiger partial charge >= 0.3 is 0 Å². The molecule has 4 aromatic rings. The lowest BCUT2D eigenvalue weighted by atomic mass is 10.1. The summed E-state index contributed by atoms with van der Waals surface area (Å²) in [4.78, 5) is 35.4. The fourth-order valence-corrected chi connectivity index (χ4v) is 3.81. The Kier molecular flexibility index (Phi) is 5.63. The summed E-state index contributed by atoms with van der Waals surface area (Å²) in [5.41, 5.74) is 4.11. The highest BCUT2D eigenvalue weighted by Crippen LogP contribution is 2.29. The largest absolute Gasteiger partial charge is 0.339 e. The first-order valence-corrected chi connectivity index (χ1v) is 10.7. The van der Waals surface area contributed by atoms with E-state index in [-0.39, 0.29) is 18.2 Å². The summed E-state index contributed by atoms with van der Waals surface area (Å²) in [7, 11) is 0. The number of hydrogen-bond acceptors (Lipinski definition) is 6. The second kappa shape index (κ2) is 9.04. The summed E-state index contributed by atoms with van der Waals surface area (Å²) in [6, 6.07) is 18.5. The van der Waals surface area contributed by atoms with Crippen LogP contribution in [0.2, 0.25) is 0 Å². The first-order valence-electron chi connectivity index (χ1n) is 10.7. The second-order valence-corrected chi connectivity index (χ2v) is 7.71. The molecular weight excluding hydrogens is 418 g/mol. The fraction of sp³-hybridized carbons (Fsp3) is 0.160. The molecular formula is C25H21N5O3. The number of benzene rings is 2. The number of amides is 2. The fourth-order valence-electron chi connectivity index (χ4n) is 3.81. The van der Waals surface area contributed by atoms with Crippen LogP contribution in [-0.4, -0.2) is 33.5 Å². The van der Waals surface area contributed by atoms with Crippen LogP contribution in [0, 0.1) is 0 Å². The number of para-hydroxylation sites is 1. The molecule has 2 aromatic carbocycles. The molecule has 33 heavy (non-hydrogen) atoms. The van der Waals surface area contributed by atoms with Crippen LogP contribution >= 0.6 is 0 Å². The van der Waals surface area contributed by atoms with Crippen molar-refractivity contribution in [2.45, 2.75) is 19.3 Å². The standard InChI is InChI=1S/C25H21N5O3/c31-22(11-12-23-28-24(29-33-23)19-5-3-14-26-16-19)27-20-9-7-18(8-10-20)25(32)30-15-13-17-4-1-2-6-21(17)30/h1-10,14,16H,11-13,15H2,(H,27,31). The average molecular weight is 439 g/mol. The molecule has 0 atom stereocenters. The second-order valence-electron chi connectivity index (χ2n) is 7.71. The van der Waals surface area contributed by atoms with E-state index in [1.54, 1.807) is 47.6 Å². The number of fused-ring (bicyclic) bond motifs is 1. The van der Waals surface area contributed by atoms with Crippen LogP contribution in [-0.2, 0) is 17.6 Å². The Labute approximate surface area is 190 Å². The van der Waals surface area contributed by atoms with Gasteiger partial charge in [-0.25, -0.2) is 0 Å². The van der Waals surface area contributed by atoms with Gasteiger partial charge in [0.1, 0.15) is 0 Å². The van der Waals surface area contributed by atoms with Crippen molar-refractivity contribution in [1.29, 1.82) is 0 Å². The Bertz CT molecular complexity index is 1280. The molecule has 0 fully saturated rings. The number of aryl methyl sites for hydroxylation is 1. The Hall–Kier alpha value is -4.33. The van der Waals surface area contributed by atoms with E-state index in [9.17, 15) is 9.59 Å². The molecule has 2 aromatic heterocycles. The van der Waals surface area contributed by atoms with Gasteiger partial charge in [-0.05, 0) is 54.4 Å². The predicted molar refractivity (Wildman–Crippen MR) is 123 cm³/mol. The average Bonchev–Trinajstić information content (AvgIpc) is 3.51. The van der Waals surface area contributed by atoms with E-state index in [2.05, 4.69) is 26.5 Å². The number of nitrogens with zero attached hydrogens (tertiary/aromatic N) is 4. The molecule has 2 amide bonds. The van der Waals surface area contributed by atoms with Crippen LogP contribution in [0.1, 0.15) is 28.2 Å². The number of hydrogen-bond donors (Lipinski definition) is 1. The van der Waals surface area contributed by atoms with Crippen LogP contribution in [0.25, 0.3) is 11.4 Å². The molecule has 8 heteroatoms. The SMILES string of the molecule is O=C(CCc1nc(-c2cccnc2)no1)Nc1ccc(C(=O)N2CCc3ccccc32)cc1. The molecule has 5 rings (SSSR count). The summed E-state index contributed by atoms with van der Waals surface area (Å²) in [5.74, 6) is 0.609. The number of pyridine rings is 1. The Balaban J connectivity index is 1.16. The van der Waals surface area contributed by atoms with Crippen LogP contribution < -0.4 is 10.2 Å². The monoisotopic (exact) mass is 439 g/mol. The molecule has 164 valence electrons. The summed E-state index contributed by atoms with van der Waals surface area (Å²) in [5, 5.41) is 6.77. The minimum absolute atomic E-state index is 0.0429. The van der Waals surface area contributed by atoms with Crippen LogP contribution in [0.5, 0.6) is 0 Å². The van der Waals surface area contributed by atoms with Gasteiger partial charge in [0, 0.05) is 54.3 Å². The molecule has 0 aliphatic carbocycles. The zero-order valence-electron chi connectivity index (χ0n) is 17.8. The summed E-state index contributed by atoms with van der Waals surface area (Å²) in [6.07, 6.45) is 4.70. The highest BCUT2D eigenvalue weighted by molar-refractivity contribution is 6.07. The molecule has 0 saturated carbocycles. The number of rotatable bonds is 6. The van der Waals surface area contributed by atoms with E-state index < -0.39 is 0 Å². The van der Waals surface area contributed by atoms with Crippen molar-refractivity contribution < 1.29 is 14.1 Å². The summed E-state index contributed by atoms with van der Waals surface area (Å²) in [6.45, 7) is 0.675. The third-order valence-electron chi connectivity index (χ3n) is 5.50. The lowest BCUT2D eigenvalue weighted by molar-refractivity contribution is -0.116. The molecule has 0 saturated heterocycles. The minimum atomic E-state index is -0.177. The first kappa shape index (κ1) is 20.6. The van der Waals surface area contributed by atoms with Gasteiger partial charge in [-0.15, -0.1) is 0 Å². The number of anilines is 2. The maximum Gasteiger partial charge on any atom is 0.258 e. The van der Waals surface area contributed by atoms with Gasteiger partial charge in [-0.1, -0.05) is 23.4 Å². The quantitative estimate of drug-likeness (QED) is 0.489. The van der Waals surface area contributed by atoms with Gasteiger partial charge in [0.2, 0.25) is 17.6 Å². The van der Waals surface area contributed by atoms with Crippen molar-refractivity contribution in [3.8, 4) is 11.4 Å². The Morgan fingerprint density at radius 1 is 1.03 bits per heavy atom. The Morgan fingerprint density at radius 3 is 2.70 bits per heavy atom. The van der Waals surface area contributed by atoms with Crippen molar-refractivity contribution in [1.82, 2.24) is 15.1 Å². The lowest BCUT2D eigenvalue weighted by Gasteiger charge is -2.17. The maximum absolute atomic E-state index is 12.9. The first-order chi connectivity index (χ1) is 16.2. The number of nitrogens with one attached hydrogen (secondary N) is 1. The molecule has 0 spiro atoms. The summed E-state index contributed by atoms with van der Waals surface area (Å²) < 4.78 is 5.22. The van der Waals surface area contributed by atoms with Crippen molar-refractivity contribution in [2.75, 3.05) is 16.8 Å². The van der Waals surface area contributed by atoms with Crippen LogP contribution in [0.3, 0.4) is 0 Å². The molecule has 0 bridgehead atoms. The summed E-state index contributed by atoms with van der Waals surface area (Å²) >= 11 is 0. The molecule has 0 radical (unpaired) electrons. The van der Waals surface area contributed by atoms with Gasteiger partial charge < -0.3 is 14.7 Å². The normalized spacial score (nSPS) is 12.4. The van der Waals surface area contributed by atoms with Crippen LogP contribution in [0.4, 0.5) is 11.4 Å². The number of aromatic nitrogens is 3. The van der Waals surface area contributed by atoms with E-state index in [1.807, 2.05) is 24.3 Å². The molecule has 3 heterocycles. The third-order valence-corrected chi connectivity index (χ3v) is 5.50. The van der Waals surface area contributed by atoms with Gasteiger partial charge in [0.15, 0.2) is 0 Å². The van der Waals surface area contributed by atoms with E-state index in [0.717, 1.165) is 17.7 Å². The maximum atomic E-state index is 12.9. The molecule has 1 aliphatic heterocycles. The zero-order valence-corrected chi connectivity index (χ0v) is 17.8. The molecule has 8 nitrogen and oxygen atoms in total. The third kappa shape index (κ3) is 4.50. The van der Waals surface area contributed by atoms with E-state index >= 15 is 0 Å². The van der Waals surface area contributed by atoms with Gasteiger partial charge in [-0.2, -0.15) is 4.98 Å². The van der Waals surface area contributed by atoms with Crippen molar-refractivity contribution >= 4 is 23.2 Å². The minimum Gasteiger partial charge on any atom is -0.339 e. The van der Waals surface area contributed by atoms with Gasteiger partial charge in [-0.3, -0.25) is 14.6 Å². The van der Waals surface area contributed by atoms with Crippen molar-refractivity contribution in [3.63, 3.8) is 0 Å². The lowest BCUT2D eigenvalue weighted by Crippen LogP contribution is -2.28. The molecule has 0 unspecified atom stereocenters. The highest BCUT2D eigenvalue weighted by atomic mass is 16.5. The van der Waals surface area contributed by atoms with E-state index in [4.69, 9.17) is 4.52 Å². The Morgan fingerprint density at radius 2 is 1.88 bits per heavy atom. The van der Waals surface area contributed by atoms with Crippen molar-refractivity contribution in [3.05, 3.63) is 90.1 Å². The van der Waals surface area contributed by atoms with E-state index in [0.29, 0.717) is 35.9 Å². The van der Waals surface area contributed by atoms with Gasteiger partial charge in [0.05, 0.1) is 0 Å². The topological polar surface area (TPSA) is 101 Å². The van der Waals surface area contributed by atoms with E-state index in [1.165, 1.54) is 5.56 Å². The van der Waals surface area contributed by atoms with Gasteiger partial charge in [0.25, 0.3) is 5.91 Å². The molecule has 1 N–H and O–H groups in total. The number of carbonyl (C=O) groups is 2. The number of carbonyl (C=O) groups excluding carboxylic acids is 2. The van der Waals surface area contributed by atoms with Crippen molar-refractivity contribution in [2.24, 2.45) is 0 Å². The molecule has 1 aliphatic rings. The zero-order chi connectivity index (χ0) is 22.6.